The Morgan fingerprint density at radius 2 is 1.67 bits per heavy atom. The third-order valence-corrected chi connectivity index (χ3v) is 6.36. The number of nitrogens with one attached hydrogen (secondary N) is 2. The number of piperazine rings is 2. The van der Waals surface area contributed by atoms with Gasteiger partial charge in [0, 0.05) is 45.0 Å². The van der Waals surface area contributed by atoms with E-state index in [1.54, 1.807) is 24.3 Å². The first-order valence-electron chi connectivity index (χ1n) is 11.1. The van der Waals surface area contributed by atoms with Gasteiger partial charge in [-0.25, -0.2) is 0 Å². The van der Waals surface area contributed by atoms with E-state index in [0.29, 0.717) is 23.8 Å². The van der Waals surface area contributed by atoms with Gasteiger partial charge in [-0.15, -0.1) is 0 Å². The molecule has 2 saturated heterocycles. The van der Waals surface area contributed by atoms with Gasteiger partial charge in [0.15, 0.2) is 0 Å². The smallest absolute Gasteiger partial charge is 0.243 e. The molecule has 0 aromatic heterocycles. The fraction of sp³-hybridized carbons (Fsp3) is 0.375. The van der Waals surface area contributed by atoms with E-state index in [0.717, 1.165) is 26.2 Å². The lowest BCUT2D eigenvalue weighted by Gasteiger charge is -2.39. The molecular weight excluding hydrogens is 442 g/mol. The number of carbonyl (C=O) groups excluding carboxylic acids is 3. The highest BCUT2D eigenvalue weighted by molar-refractivity contribution is 6.33. The molecule has 0 aliphatic carbocycles. The largest absolute Gasteiger partial charge is 0.369 e. The van der Waals surface area contributed by atoms with Crippen LogP contribution in [0.2, 0.25) is 5.02 Å². The second-order valence-corrected chi connectivity index (χ2v) is 8.63. The maximum Gasteiger partial charge on any atom is 0.243 e. The second-order valence-electron chi connectivity index (χ2n) is 8.22. The summed E-state index contributed by atoms with van der Waals surface area (Å²) in [5.41, 5.74) is 1.66. The molecule has 0 bridgehead atoms. The van der Waals surface area contributed by atoms with E-state index in [1.165, 1.54) is 10.6 Å². The molecule has 2 heterocycles. The van der Waals surface area contributed by atoms with Gasteiger partial charge in [-0.1, -0.05) is 41.9 Å². The highest BCUT2D eigenvalue weighted by Gasteiger charge is 2.35. The number of hydrogen-bond acceptors (Lipinski definition) is 5. The predicted molar refractivity (Wildman–Crippen MR) is 128 cm³/mol. The van der Waals surface area contributed by atoms with Crippen molar-refractivity contribution in [2.45, 2.75) is 12.5 Å². The molecular formula is C24H28ClN5O3. The number of halogens is 1. The summed E-state index contributed by atoms with van der Waals surface area (Å²) in [6.45, 7) is 4.20. The monoisotopic (exact) mass is 469 g/mol. The van der Waals surface area contributed by atoms with Crippen LogP contribution in [-0.2, 0) is 14.4 Å². The van der Waals surface area contributed by atoms with Crippen molar-refractivity contribution in [3.8, 4) is 0 Å². The molecule has 0 saturated carbocycles. The van der Waals surface area contributed by atoms with Crippen LogP contribution in [0.5, 0.6) is 0 Å². The van der Waals surface area contributed by atoms with Crippen LogP contribution < -0.4 is 15.5 Å². The maximum absolute atomic E-state index is 13.1. The van der Waals surface area contributed by atoms with Gasteiger partial charge in [0.25, 0.3) is 0 Å². The van der Waals surface area contributed by atoms with Crippen molar-refractivity contribution in [3.63, 3.8) is 0 Å². The van der Waals surface area contributed by atoms with Gasteiger partial charge >= 0.3 is 0 Å². The zero-order valence-corrected chi connectivity index (χ0v) is 19.1. The normalized spacial score (nSPS) is 19.2. The van der Waals surface area contributed by atoms with Gasteiger partial charge in [0.05, 0.1) is 23.7 Å². The van der Waals surface area contributed by atoms with Crippen LogP contribution >= 0.6 is 11.6 Å². The number of benzene rings is 2. The summed E-state index contributed by atoms with van der Waals surface area (Å²) in [6.07, 6.45) is -0.120. The highest BCUT2D eigenvalue weighted by atomic mass is 35.5. The van der Waals surface area contributed by atoms with Crippen LogP contribution in [0.25, 0.3) is 0 Å². The quantitative estimate of drug-likeness (QED) is 0.674. The molecule has 2 aromatic rings. The van der Waals surface area contributed by atoms with Crippen molar-refractivity contribution in [1.82, 2.24) is 15.1 Å². The summed E-state index contributed by atoms with van der Waals surface area (Å²) < 4.78 is 0. The third-order valence-electron chi connectivity index (χ3n) is 6.03. The van der Waals surface area contributed by atoms with Crippen molar-refractivity contribution >= 4 is 40.7 Å². The standard InChI is InChI=1S/C24H28ClN5O3/c25-19-8-4-5-9-20(19)27-22(31)16-21-24(33)26-10-11-30(21)23(32)17-28-12-14-29(15-13-28)18-6-2-1-3-7-18/h1-9,21H,10-17H2,(H,26,33)(H,27,31). The molecule has 4 rings (SSSR count). The lowest BCUT2D eigenvalue weighted by atomic mass is 10.1. The SMILES string of the molecule is O=C(CC1C(=O)NCCN1C(=O)CN1CCN(c2ccccc2)CC1)Nc1ccccc1Cl. The molecule has 174 valence electrons. The minimum absolute atomic E-state index is 0.120. The minimum Gasteiger partial charge on any atom is -0.369 e. The molecule has 33 heavy (non-hydrogen) atoms. The first kappa shape index (κ1) is 23.1. The van der Waals surface area contributed by atoms with Crippen molar-refractivity contribution in [2.24, 2.45) is 0 Å². The third kappa shape index (κ3) is 5.83. The Morgan fingerprint density at radius 3 is 2.39 bits per heavy atom. The Kier molecular flexibility index (Phi) is 7.47. The van der Waals surface area contributed by atoms with Gasteiger partial charge in [0.2, 0.25) is 17.7 Å². The van der Waals surface area contributed by atoms with E-state index in [2.05, 4.69) is 32.6 Å². The van der Waals surface area contributed by atoms with Crippen LogP contribution in [0.3, 0.4) is 0 Å². The molecule has 0 spiro atoms. The minimum atomic E-state index is -0.834. The molecule has 1 atom stereocenters. The van der Waals surface area contributed by atoms with Gasteiger partial charge in [-0.05, 0) is 24.3 Å². The Morgan fingerprint density at radius 1 is 0.970 bits per heavy atom. The summed E-state index contributed by atoms with van der Waals surface area (Å²) >= 11 is 6.11. The van der Waals surface area contributed by atoms with Gasteiger partial charge < -0.3 is 20.4 Å². The molecule has 2 N–H and O–H groups in total. The first-order valence-corrected chi connectivity index (χ1v) is 11.5. The maximum atomic E-state index is 13.1. The Balaban J connectivity index is 1.33. The molecule has 2 aliphatic rings. The number of hydrogen-bond donors (Lipinski definition) is 2. The lowest BCUT2D eigenvalue weighted by Crippen LogP contribution is -2.60. The number of para-hydroxylation sites is 2. The Hall–Kier alpha value is -3.10. The average Bonchev–Trinajstić information content (AvgIpc) is 2.83. The fourth-order valence-corrected chi connectivity index (χ4v) is 4.42. The van der Waals surface area contributed by atoms with Gasteiger partial charge in [-0.2, -0.15) is 0 Å². The second kappa shape index (κ2) is 10.7. The van der Waals surface area contributed by atoms with Crippen molar-refractivity contribution in [3.05, 3.63) is 59.6 Å². The van der Waals surface area contributed by atoms with Crippen LogP contribution in [-0.4, -0.2) is 79.4 Å². The molecule has 9 heteroatoms. The van der Waals surface area contributed by atoms with Gasteiger partial charge in [0.1, 0.15) is 6.04 Å². The zero-order valence-electron chi connectivity index (χ0n) is 18.4. The molecule has 2 fully saturated rings. The van der Waals surface area contributed by atoms with E-state index >= 15 is 0 Å². The number of rotatable bonds is 6. The Bertz CT molecular complexity index is 995. The predicted octanol–water partition coefficient (Wildman–Crippen LogP) is 1.82. The molecule has 0 radical (unpaired) electrons. The van der Waals surface area contributed by atoms with Crippen LogP contribution in [0.15, 0.2) is 54.6 Å². The molecule has 3 amide bonds. The van der Waals surface area contributed by atoms with E-state index in [9.17, 15) is 14.4 Å². The summed E-state index contributed by atoms with van der Waals surface area (Å²) in [4.78, 5) is 44.2. The summed E-state index contributed by atoms with van der Waals surface area (Å²) in [5.74, 6) is -0.800. The average molecular weight is 470 g/mol. The van der Waals surface area contributed by atoms with Crippen LogP contribution in [0.1, 0.15) is 6.42 Å². The van der Waals surface area contributed by atoms with E-state index in [1.807, 2.05) is 18.2 Å². The fourth-order valence-electron chi connectivity index (χ4n) is 4.24. The molecule has 8 nitrogen and oxygen atoms in total. The zero-order chi connectivity index (χ0) is 23.2. The summed E-state index contributed by atoms with van der Waals surface area (Å²) in [7, 11) is 0. The number of anilines is 2. The number of amides is 3. The summed E-state index contributed by atoms with van der Waals surface area (Å²) in [5, 5.41) is 5.92. The lowest BCUT2D eigenvalue weighted by molar-refractivity contribution is -0.145. The van der Waals surface area contributed by atoms with E-state index in [-0.39, 0.29) is 30.7 Å². The number of nitrogens with zero attached hydrogens (tertiary/aromatic N) is 3. The molecule has 1 unspecified atom stereocenters. The van der Waals surface area contributed by atoms with E-state index in [4.69, 9.17) is 11.6 Å². The van der Waals surface area contributed by atoms with Crippen molar-refractivity contribution in [1.29, 1.82) is 0 Å². The van der Waals surface area contributed by atoms with E-state index < -0.39 is 6.04 Å². The highest BCUT2D eigenvalue weighted by Crippen LogP contribution is 2.21. The molecule has 2 aliphatic heterocycles. The first-order chi connectivity index (χ1) is 16.0. The van der Waals surface area contributed by atoms with Crippen molar-refractivity contribution < 1.29 is 14.4 Å². The van der Waals surface area contributed by atoms with Crippen LogP contribution in [0.4, 0.5) is 11.4 Å². The van der Waals surface area contributed by atoms with Crippen LogP contribution in [0, 0.1) is 0 Å². The number of carbonyl (C=O) groups is 3. The topological polar surface area (TPSA) is 85.0 Å². The van der Waals surface area contributed by atoms with Gasteiger partial charge in [-0.3, -0.25) is 19.3 Å². The summed E-state index contributed by atoms with van der Waals surface area (Å²) in [6, 6.07) is 16.3. The molecule has 2 aromatic carbocycles. The van der Waals surface area contributed by atoms with Crippen molar-refractivity contribution in [2.75, 3.05) is 56.0 Å². The Labute approximate surface area is 198 Å².